The van der Waals surface area contributed by atoms with Gasteiger partial charge in [0, 0.05) is 18.1 Å². The fourth-order valence-electron chi connectivity index (χ4n) is 2.65. The van der Waals surface area contributed by atoms with Crippen molar-refractivity contribution in [2.75, 3.05) is 6.54 Å². The fraction of sp³-hybridized carbons (Fsp3) is 0.235. The summed E-state index contributed by atoms with van der Waals surface area (Å²) >= 11 is 5.82. The topological polar surface area (TPSA) is 49.8 Å². The minimum Gasteiger partial charge on any atom is -0.489 e. The molecule has 0 aliphatic carbocycles. The van der Waals surface area contributed by atoms with E-state index in [0.29, 0.717) is 35.8 Å². The van der Waals surface area contributed by atoms with E-state index >= 15 is 0 Å². The Labute approximate surface area is 138 Å². The number of amides is 1. The molecule has 120 valence electrons. The summed E-state index contributed by atoms with van der Waals surface area (Å²) in [4.78, 5) is 12.4. The lowest BCUT2D eigenvalue weighted by molar-refractivity contribution is 0.140. The number of carbonyl (C=O) groups is 1. The fourth-order valence-corrected chi connectivity index (χ4v) is 2.89. The van der Waals surface area contributed by atoms with E-state index in [1.54, 1.807) is 6.07 Å². The van der Waals surface area contributed by atoms with Gasteiger partial charge in [-0.15, -0.1) is 0 Å². The van der Waals surface area contributed by atoms with Crippen LogP contribution in [0.5, 0.6) is 5.75 Å². The standard InChI is InChI=1S/C17H15ClFNO3/c18-14-5-11(6-15(19)8-14)10-23-16-2-1-12-3-4-20(17(21)22)9-13(12)7-16/h1-2,5-8H,3-4,9-10H2,(H,21,22). The first kappa shape index (κ1) is 15.6. The molecule has 23 heavy (non-hydrogen) atoms. The summed E-state index contributed by atoms with van der Waals surface area (Å²) in [6.45, 7) is 1.05. The zero-order valence-corrected chi connectivity index (χ0v) is 13.0. The Morgan fingerprint density at radius 3 is 2.83 bits per heavy atom. The second kappa shape index (κ2) is 6.46. The smallest absolute Gasteiger partial charge is 0.407 e. The number of carboxylic acid groups (broad SMARTS) is 1. The molecule has 0 saturated carbocycles. The quantitative estimate of drug-likeness (QED) is 0.919. The molecule has 1 heterocycles. The average Bonchev–Trinajstić information content (AvgIpc) is 2.51. The van der Waals surface area contributed by atoms with Gasteiger partial charge in [0.1, 0.15) is 18.2 Å². The van der Waals surface area contributed by atoms with E-state index in [2.05, 4.69) is 0 Å². The van der Waals surface area contributed by atoms with Gasteiger partial charge >= 0.3 is 6.09 Å². The maximum Gasteiger partial charge on any atom is 0.407 e. The zero-order chi connectivity index (χ0) is 16.4. The third kappa shape index (κ3) is 3.74. The molecule has 2 aromatic rings. The van der Waals surface area contributed by atoms with Crippen LogP contribution in [-0.4, -0.2) is 22.6 Å². The molecule has 1 aliphatic heterocycles. The van der Waals surface area contributed by atoms with Crippen LogP contribution in [-0.2, 0) is 19.6 Å². The van der Waals surface area contributed by atoms with Gasteiger partial charge in [-0.2, -0.15) is 0 Å². The van der Waals surface area contributed by atoms with Crippen LogP contribution < -0.4 is 4.74 Å². The molecule has 0 fully saturated rings. The van der Waals surface area contributed by atoms with Crippen LogP contribution in [0.2, 0.25) is 5.02 Å². The second-order valence-corrected chi connectivity index (χ2v) is 5.89. The molecule has 0 aromatic heterocycles. The molecule has 0 unspecified atom stereocenters. The van der Waals surface area contributed by atoms with E-state index in [1.165, 1.54) is 17.0 Å². The molecule has 0 spiro atoms. The predicted molar refractivity (Wildman–Crippen MR) is 84.3 cm³/mol. The van der Waals surface area contributed by atoms with Crippen LogP contribution in [0.15, 0.2) is 36.4 Å². The maximum atomic E-state index is 13.3. The van der Waals surface area contributed by atoms with Gasteiger partial charge in [0.25, 0.3) is 0 Å². The van der Waals surface area contributed by atoms with Crippen molar-refractivity contribution in [2.45, 2.75) is 19.6 Å². The summed E-state index contributed by atoms with van der Waals surface area (Å²) in [5.41, 5.74) is 2.71. The van der Waals surface area contributed by atoms with E-state index in [1.807, 2.05) is 18.2 Å². The summed E-state index contributed by atoms with van der Waals surface area (Å²) in [5, 5.41) is 9.41. The first-order valence-electron chi connectivity index (χ1n) is 7.19. The highest BCUT2D eigenvalue weighted by atomic mass is 35.5. The molecular formula is C17H15ClFNO3. The molecule has 0 radical (unpaired) electrons. The number of rotatable bonds is 3. The lowest BCUT2D eigenvalue weighted by Gasteiger charge is -2.26. The number of nitrogens with zero attached hydrogens (tertiary/aromatic N) is 1. The van der Waals surface area contributed by atoms with Crippen LogP contribution in [0.3, 0.4) is 0 Å². The number of benzene rings is 2. The Morgan fingerprint density at radius 1 is 1.26 bits per heavy atom. The van der Waals surface area contributed by atoms with Crippen LogP contribution in [0.25, 0.3) is 0 Å². The van der Waals surface area contributed by atoms with E-state index in [0.717, 1.165) is 11.1 Å². The normalized spacial score (nSPS) is 13.6. The minimum absolute atomic E-state index is 0.193. The van der Waals surface area contributed by atoms with Crippen molar-refractivity contribution in [2.24, 2.45) is 0 Å². The summed E-state index contributed by atoms with van der Waals surface area (Å²) in [5.74, 6) is 0.218. The highest BCUT2D eigenvalue weighted by molar-refractivity contribution is 6.30. The molecule has 1 aliphatic rings. The molecule has 0 saturated heterocycles. The van der Waals surface area contributed by atoms with Gasteiger partial charge in [0.05, 0.1) is 0 Å². The number of fused-ring (bicyclic) bond motifs is 1. The van der Waals surface area contributed by atoms with E-state index < -0.39 is 11.9 Å². The average molecular weight is 336 g/mol. The monoisotopic (exact) mass is 335 g/mol. The third-order valence-electron chi connectivity index (χ3n) is 3.79. The molecule has 0 atom stereocenters. The van der Waals surface area contributed by atoms with Gasteiger partial charge in [-0.25, -0.2) is 9.18 Å². The number of hydrogen-bond acceptors (Lipinski definition) is 2. The summed E-state index contributed by atoms with van der Waals surface area (Å²) in [7, 11) is 0. The Balaban J connectivity index is 1.72. The van der Waals surface area contributed by atoms with E-state index in [9.17, 15) is 9.18 Å². The Morgan fingerprint density at radius 2 is 2.09 bits per heavy atom. The van der Waals surface area contributed by atoms with Gasteiger partial charge in [0.15, 0.2) is 0 Å². The second-order valence-electron chi connectivity index (χ2n) is 5.45. The van der Waals surface area contributed by atoms with E-state index in [4.69, 9.17) is 21.4 Å². The molecule has 4 nitrogen and oxygen atoms in total. The molecule has 3 rings (SSSR count). The SMILES string of the molecule is O=C(O)N1CCc2ccc(OCc3cc(F)cc(Cl)c3)cc2C1. The van der Waals surface area contributed by atoms with Gasteiger partial charge in [0.2, 0.25) is 0 Å². The molecule has 6 heteroatoms. The first-order chi connectivity index (χ1) is 11.0. The molecule has 1 amide bonds. The molecule has 1 N–H and O–H groups in total. The van der Waals surface area contributed by atoms with Crippen molar-refractivity contribution in [1.82, 2.24) is 4.90 Å². The third-order valence-corrected chi connectivity index (χ3v) is 4.01. The Hall–Kier alpha value is -2.27. The predicted octanol–water partition coefficient (Wildman–Crippen LogP) is 4.09. The lowest BCUT2D eigenvalue weighted by Crippen LogP contribution is -2.34. The van der Waals surface area contributed by atoms with Crippen LogP contribution >= 0.6 is 11.6 Å². The number of ether oxygens (including phenoxy) is 1. The molecule has 0 bridgehead atoms. The van der Waals surface area contributed by atoms with Crippen molar-refractivity contribution in [3.8, 4) is 5.75 Å². The van der Waals surface area contributed by atoms with Gasteiger partial charge in [-0.3, -0.25) is 0 Å². The first-order valence-corrected chi connectivity index (χ1v) is 7.56. The van der Waals surface area contributed by atoms with Crippen molar-refractivity contribution < 1.29 is 19.0 Å². The van der Waals surface area contributed by atoms with Crippen LogP contribution in [0.1, 0.15) is 16.7 Å². The summed E-state index contributed by atoms with van der Waals surface area (Å²) < 4.78 is 19.0. The summed E-state index contributed by atoms with van der Waals surface area (Å²) in [6, 6.07) is 9.89. The summed E-state index contributed by atoms with van der Waals surface area (Å²) in [6.07, 6.45) is -0.224. The van der Waals surface area contributed by atoms with Crippen LogP contribution in [0.4, 0.5) is 9.18 Å². The Kier molecular flexibility index (Phi) is 4.39. The van der Waals surface area contributed by atoms with Gasteiger partial charge in [-0.1, -0.05) is 17.7 Å². The van der Waals surface area contributed by atoms with E-state index in [-0.39, 0.29) is 6.61 Å². The maximum absolute atomic E-state index is 13.3. The zero-order valence-electron chi connectivity index (χ0n) is 12.3. The lowest BCUT2D eigenvalue weighted by atomic mass is 10.00. The largest absolute Gasteiger partial charge is 0.489 e. The van der Waals surface area contributed by atoms with Crippen molar-refractivity contribution in [3.63, 3.8) is 0 Å². The molecule has 2 aromatic carbocycles. The minimum atomic E-state index is -0.920. The van der Waals surface area contributed by atoms with Crippen LogP contribution in [0, 0.1) is 5.82 Å². The van der Waals surface area contributed by atoms with Crippen molar-refractivity contribution in [3.05, 3.63) is 63.9 Å². The van der Waals surface area contributed by atoms with Gasteiger partial charge < -0.3 is 14.7 Å². The number of hydrogen-bond donors (Lipinski definition) is 1. The highest BCUT2D eigenvalue weighted by Crippen LogP contribution is 2.25. The molecular weight excluding hydrogens is 321 g/mol. The van der Waals surface area contributed by atoms with Crippen molar-refractivity contribution in [1.29, 1.82) is 0 Å². The number of halogens is 2. The highest BCUT2D eigenvalue weighted by Gasteiger charge is 2.20. The van der Waals surface area contributed by atoms with Gasteiger partial charge in [-0.05, 0) is 53.4 Å². The Bertz CT molecular complexity index is 730. The van der Waals surface area contributed by atoms with Crippen molar-refractivity contribution >= 4 is 17.7 Å².